The minimum Gasteiger partial charge on any atom is -0.490 e. The van der Waals surface area contributed by atoms with Gasteiger partial charge in [-0.15, -0.1) is 0 Å². The van der Waals surface area contributed by atoms with Crippen LogP contribution in [-0.2, 0) is 4.79 Å². The highest BCUT2D eigenvalue weighted by molar-refractivity contribution is 9.10. The van der Waals surface area contributed by atoms with Crippen LogP contribution in [0.5, 0.6) is 11.5 Å². The minimum absolute atomic E-state index is 0.309. The summed E-state index contributed by atoms with van der Waals surface area (Å²) in [7, 11) is 0. The largest absolute Gasteiger partial charge is 0.490 e. The zero-order chi connectivity index (χ0) is 20.3. The van der Waals surface area contributed by atoms with Crippen LogP contribution in [0.2, 0.25) is 5.02 Å². The topological polar surface area (TPSA) is 55.8 Å². The van der Waals surface area contributed by atoms with Gasteiger partial charge in [0, 0.05) is 0 Å². The predicted molar refractivity (Wildman–Crippen MR) is 116 cm³/mol. The number of benzene rings is 2. The molecule has 0 N–H and O–H groups in total. The van der Waals surface area contributed by atoms with Crippen LogP contribution in [0.1, 0.15) is 19.4 Å². The summed E-state index contributed by atoms with van der Waals surface area (Å²) in [4.78, 5) is 26.7. The number of halogens is 2. The molecule has 2 aromatic rings. The SMILES string of the molecule is CCOc1cc(/C=C2\SC(=O)N(c3ccccc3Cl)C2=O)cc(Br)c1OCC. The molecule has 0 bridgehead atoms. The molecule has 0 spiro atoms. The molecule has 0 unspecified atom stereocenters. The van der Waals surface area contributed by atoms with Gasteiger partial charge < -0.3 is 9.47 Å². The maximum Gasteiger partial charge on any atom is 0.298 e. The summed E-state index contributed by atoms with van der Waals surface area (Å²) in [6.45, 7) is 4.74. The predicted octanol–water partition coefficient (Wildman–Crippen LogP) is 6.14. The molecular formula is C20H17BrClNO4S. The maximum absolute atomic E-state index is 12.8. The lowest BCUT2D eigenvalue weighted by molar-refractivity contribution is -0.113. The van der Waals surface area contributed by atoms with Crippen molar-refractivity contribution < 1.29 is 19.1 Å². The van der Waals surface area contributed by atoms with Gasteiger partial charge in [0.15, 0.2) is 11.5 Å². The second-order valence-corrected chi connectivity index (χ2v) is 7.92. The lowest BCUT2D eigenvalue weighted by Crippen LogP contribution is -2.27. The van der Waals surface area contributed by atoms with E-state index in [1.165, 1.54) is 0 Å². The molecule has 2 aromatic carbocycles. The Hall–Kier alpha value is -1.96. The van der Waals surface area contributed by atoms with E-state index in [-0.39, 0.29) is 5.24 Å². The highest BCUT2D eigenvalue weighted by atomic mass is 79.9. The van der Waals surface area contributed by atoms with E-state index in [4.69, 9.17) is 21.1 Å². The van der Waals surface area contributed by atoms with Crippen molar-refractivity contribution in [3.8, 4) is 11.5 Å². The van der Waals surface area contributed by atoms with Crippen molar-refractivity contribution >= 4 is 62.2 Å². The molecule has 0 aliphatic carbocycles. The molecule has 2 amide bonds. The van der Waals surface area contributed by atoms with E-state index in [1.807, 2.05) is 19.9 Å². The first kappa shape index (κ1) is 20.8. The van der Waals surface area contributed by atoms with Gasteiger partial charge in [-0.2, -0.15) is 0 Å². The Kier molecular flexibility index (Phi) is 6.69. The minimum atomic E-state index is -0.411. The molecule has 1 aliphatic rings. The number of ether oxygens (including phenoxy) is 2. The molecule has 3 rings (SSSR count). The normalized spacial score (nSPS) is 15.4. The molecule has 8 heteroatoms. The smallest absolute Gasteiger partial charge is 0.298 e. The maximum atomic E-state index is 12.8. The van der Waals surface area contributed by atoms with Crippen molar-refractivity contribution in [3.63, 3.8) is 0 Å². The van der Waals surface area contributed by atoms with Gasteiger partial charge in [0.05, 0.1) is 33.3 Å². The molecule has 1 saturated heterocycles. The molecule has 1 heterocycles. The van der Waals surface area contributed by atoms with Gasteiger partial charge in [0.25, 0.3) is 11.1 Å². The lowest BCUT2D eigenvalue weighted by Gasteiger charge is -2.14. The summed E-state index contributed by atoms with van der Waals surface area (Å²) >= 11 is 10.5. The summed E-state index contributed by atoms with van der Waals surface area (Å²) in [6, 6.07) is 10.4. The third-order valence-electron chi connectivity index (χ3n) is 3.81. The van der Waals surface area contributed by atoms with E-state index in [0.29, 0.717) is 50.4 Å². The van der Waals surface area contributed by atoms with E-state index in [9.17, 15) is 9.59 Å². The van der Waals surface area contributed by atoms with Crippen LogP contribution in [0.25, 0.3) is 6.08 Å². The van der Waals surface area contributed by atoms with Crippen molar-refractivity contribution in [2.75, 3.05) is 18.1 Å². The van der Waals surface area contributed by atoms with E-state index < -0.39 is 5.91 Å². The number of para-hydroxylation sites is 1. The first-order valence-electron chi connectivity index (χ1n) is 8.57. The van der Waals surface area contributed by atoms with Crippen molar-refractivity contribution in [2.24, 2.45) is 0 Å². The highest BCUT2D eigenvalue weighted by Gasteiger charge is 2.37. The second kappa shape index (κ2) is 9.03. The summed E-state index contributed by atoms with van der Waals surface area (Å²) in [5.41, 5.74) is 1.08. The van der Waals surface area contributed by atoms with Crippen LogP contribution in [-0.4, -0.2) is 24.4 Å². The molecule has 146 valence electrons. The number of rotatable bonds is 6. The van der Waals surface area contributed by atoms with Gasteiger partial charge in [-0.25, -0.2) is 4.90 Å². The van der Waals surface area contributed by atoms with Crippen LogP contribution in [0.3, 0.4) is 0 Å². The van der Waals surface area contributed by atoms with Crippen molar-refractivity contribution in [2.45, 2.75) is 13.8 Å². The lowest BCUT2D eigenvalue weighted by atomic mass is 10.1. The molecular weight excluding hydrogens is 466 g/mol. The van der Waals surface area contributed by atoms with Crippen LogP contribution >= 0.6 is 39.3 Å². The molecule has 0 aromatic heterocycles. The number of imide groups is 1. The van der Waals surface area contributed by atoms with Gasteiger partial charge in [0.1, 0.15) is 0 Å². The molecule has 1 aliphatic heterocycles. The Bertz CT molecular complexity index is 963. The standard InChI is InChI=1S/C20H17BrClNO4S/c1-3-26-16-10-12(9-13(21)18(16)27-4-2)11-17-19(24)23(20(25)28-17)15-8-6-5-7-14(15)22/h5-11H,3-4H2,1-2H3/b17-11-. The van der Waals surface area contributed by atoms with Crippen LogP contribution in [0.4, 0.5) is 10.5 Å². The Balaban J connectivity index is 1.97. The Labute approximate surface area is 180 Å². The Morgan fingerprint density at radius 1 is 1.14 bits per heavy atom. The number of thioether (sulfide) groups is 1. The molecule has 0 atom stereocenters. The Morgan fingerprint density at radius 3 is 2.54 bits per heavy atom. The highest BCUT2D eigenvalue weighted by Crippen LogP contribution is 2.41. The quantitative estimate of drug-likeness (QED) is 0.463. The average Bonchev–Trinajstić information content (AvgIpc) is 2.92. The average molecular weight is 483 g/mol. The van der Waals surface area contributed by atoms with Crippen LogP contribution in [0.15, 0.2) is 45.8 Å². The number of carbonyl (C=O) groups excluding carboxylic acids is 2. The van der Waals surface area contributed by atoms with Crippen LogP contribution in [0, 0.1) is 0 Å². The van der Waals surface area contributed by atoms with Gasteiger partial charge in [-0.05, 0) is 77.4 Å². The van der Waals surface area contributed by atoms with Gasteiger partial charge in [-0.3, -0.25) is 9.59 Å². The van der Waals surface area contributed by atoms with Gasteiger partial charge in [0.2, 0.25) is 0 Å². The number of amides is 2. The van der Waals surface area contributed by atoms with Crippen molar-refractivity contribution in [1.29, 1.82) is 0 Å². The summed E-state index contributed by atoms with van der Waals surface area (Å²) < 4.78 is 12.0. The number of nitrogens with zero attached hydrogens (tertiary/aromatic N) is 1. The number of hydrogen-bond acceptors (Lipinski definition) is 5. The first-order chi connectivity index (χ1) is 13.5. The molecule has 0 saturated carbocycles. The van der Waals surface area contributed by atoms with Crippen molar-refractivity contribution in [1.82, 2.24) is 0 Å². The van der Waals surface area contributed by atoms with Gasteiger partial charge in [-0.1, -0.05) is 23.7 Å². The molecule has 5 nitrogen and oxygen atoms in total. The number of anilines is 1. The molecule has 1 fully saturated rings. The first-order valence-corrected chi connectivity index (χ1v) is 10.6. The fourth-order valence-electron chi connectivity index (χ4n) is 2.68. The third-order valence-corrected chi connectivity index (χ3v) is 5.58. The summed E-state index contributed by atoms with van der Waals surface area (Å²) in [6.07, 6.45) is 1.66. The van der Waals surface area contributed by atoms with E-state index >= 15 is 0 Å². The van der Waals surface area contributed by atoms with Crippen molar-refractivity contribution in [3.05, 3.63) is 56.4 Å². The third kappa shape index (κ3) is 4.21. The Morgan fingerprint density at radius 2 is 1.86 bits per heavy atom. The monoisotopic (exact) mass is 481 g/mol. The number of carbonyl (C=O) groups is 2. The van der Waals surface area contributed by atoms with Crippen LogP contribution < -0.4 is 14.4 Å². The van der Waals surface area contributed by atoms with Gasteiger partial charge >= 0.3 is 0 Å². The summed E-state index contributed by atoms with van der Waals surface area (Å²) in [5.74, 6) is 0.757. The zero-order valence-corrected chi connectivity index (χ0v) is 18.4. The zero-order valence-electron chi connectivity index (χ0n) is 15.2. The molecule has 28 heavy (non-hydrogen) atoms. The molecule has 0 radical (unpaired) electrons. The van der Waals surface area contributed by atoms with E-state index in [0.717, 1.165) is 16.7 Å². The fourth-order valence-corrected chi connectivity index (χ4v) is 4.31. The number of hydrogen-bond donors (Lipinski definition) is 0. The summed E-state index contributed by atoms with van der Waals surface area (Å²) in [5, 5.41) is -0.0483. The second-order valence-electron chi connectivity index (χ2n) is 5.66. The van der Waals surface area contributed by atoms with E-state index in [1.54, 1.807) is 36.4 Å². The van der Waals surface area contributed by atoms with E-state index in [2.05, 4.69) is 15.9 Å². The fraction of sp³-hybridized carbons (Fsp3) is 0.200.